The largest absolute Gasteiger partial charge is 0.493 e. The summed E-state index contributed by atoms with van der Waals surface area (Å²) in [5.41, 5.74) is 7.76. The lowest BCUT2D eigenvalue weighted by atomic mass is 9.95. The molecule has 0 unspecified atom stereocenters. The summed E-state index contributed by atoms with van der Waals surface area (Å²) in [6, 6.07) is 7.05. The second-order valence-corrected chi connectivity index (χ2v) is 8.79. The van der Waals surface area contributed by atoms with E-state index >= 15 is 0 Å². The first-order valence-corrected chi connectivity index (χ1v) is 12.3. The van der Waals surface area contributed by atoms with E-state index in [1.807, 2.05) is 18.2 Å². The first-order valence-electron chi connectivity index (χ1n) is 12.3. The minimum Gasteiger partial charge on any atom is -0.493 e. The monoisotopic (exact) mass is 484 g/mol. The minimum atomic E-state index is -0.313. The Balaban J connectivity index is 2.12. The first-order chi connectivity index (χ1) is 16.9. The number of hydrogen-bond donors (Lipinski definition) is 3. The first kappa shape index (κ1) is 26.3. The number of hydrogen-bond acceptors (Lipinski definition) is 6. The number of unbranched alkanes of at least 4 members (excludes halogenated alkanes) is 3. The molecule has 0 heterocycles. The van der Waals surface area contributed by atoms with Crippen LogP contribution in [-0.4, -0.2) is 40.3 Å². The van der Waals surface area contributed by atoms with Gasteiger partial charge in [0, 0.05) is 19.0 Å². The predicted octanol–water partition coefficient (Wildman–Crippen LogP) is 3.08. The number of carbonyl (C=O) groups excluding carboxylic acids is 1. The average Bonchev–Trinajstić information content (AvgIpc) is 3.09. The lowest BCUT2D eigenvalue weighted by Crippen LogP contribution is -2.50. The summed E-state index contributed by atoms with van der Waals surface area (Å²) in [7, 11) is 4.76. The zero-order valence-corrected chi connectivity index (χ0v) is 21.3. The maximum absolute atomic E-state index is 13.2. The Bertz CT molecular complexity index is 1100. The summed E-state index contributed by atoms with van der Waals surface area (Å²) >= 11 is 0. The van der Waals surface area contributed by atoms with Crippen LogP contribution >= 0.6 is 0 Å². The number of benzene rings is 1. The van der Waals surface area contributed by atoms with Gasteiger partial charge in [-0.15, -0.1) is 0 Å². The maximum atomic E-state index is 13.2. The Morgan fingerprint density at radius 2 is 1.77 bits per heavy atom. The molecule has 2 aromatic carbocycles. The van der Waals surface area contributed by atoms with Crippen LogP contribution < -0.4 is 36.0 Å². The van der Waals surface area contributed by atoms with Crippen LogP contribution in [0.15, 0.2) is 29.1 Å². The van der Waals surface area contributed by atoms with Gasteiger partial charge in [0.25, 0.3) is 0 Å². The molecule has 35 heavy (non-hydrogen) atoms. The quantitative estimate of drug-likeness (QED) is 0.423. The molecule has 0 aromatic heterocycles. The van der Waals surface area contributed by atoms with Crippen molar-refractivity contribution in [2.45, 2.75) is 51.5 Å². The van der Waals surface area contributed by atoms with Gasteiger partial charge in [-0.3, -0.25) is 9.59 Å². The number of aryl methyl sites for hydroxylation is 1. The highest BCUT2D eigenvalue weighted by Crippen LogP contribution is 2.50. The van der Waals surface area contributed by atoms with Crippen LogP contribution in [0.3, 0.4) is 0 Å². The van der Waals surface area contributed by atoms with E-state index in [1.165, 1.54) is 6.92 Å². The van der Waals surface area contributed by atoms with Crippen molar-refractivity contribution in [1.29, 1.82) is 0 Å². The van der Waals surface area contributed by atoms with Gasteiger partial charge in [-0.2, -0.15) is 0 Å². The molecule has 8 nitrogen and oxygen atoms in total. The topological polar surface area (TPSA) is 114 Å². The van der Waals surface area contributed by atoms with Crippen molar-refractivity contribution in [2.24, 2.45) is 0 Å². The Kier molecular flexibility index (Phi) is 9.37. The molecule has 0 spiro atoms. The molecule has 8 heteroatoms. The van der Waals surface area contributed by atoms with Crippen molar-refractivity contribution in [1.82, 2.24) is 5.32 Å². The van der Waals surface area contributed by atoms with E-state index in [1.54, 1.807) is 27.4 Å². The number of anilines is 1. The van der Waals surface area contributed by atoms with Gasteiger partial charge in [-0.05, 0) is 67.0 Å². The van der Waals surface area contributed by atoms with E-state index in [2.05, 4.69) is 16.4 Å². The SMILES string of the molecule is COc1cc2c(c(OC)c1OC)-c1ccc(NCCCCCC[NH3+])c(=O)cc1[C@@H](NC(C)=O)CC2. The molecule has 0 fully saturated rings. The highest BCUT2D eigenvalue weighted by molar-refractivity contribution is 5.83. The number of methoxy groups -OCH3 is 3. The van der Waals surface area contributed by atoms with Crippen molar-refractivity contribution < 1.29 is 24.7 Å². The fourth-order valence-corrected chi connectivity index (χ4v) is 4.73. The molecule has 0 aliphatic heterocycles. The van der Waals surface area contributed by atoms with Gasteiger partial charge >= 0.3 is 0 Å². The fraction of sp³-hybridized carbons (Fsp3) is 0.481. The average molecular weight is 485 g/mol. The van der Waals surface area contributed by atoms with Gasteiger partial charge in [0.15, 0.2) is 11.5 Å². The van der Waals surface area contributed by atoms with Gasteiger partial charge in [0.2, 0.25) is 17.1 Å². The molecule has 0 saturated carbocycles. The van der Waals surface area contributed by atoms with Crippen LogP contribution in [0, 0.1) is 0 Å². The Morgan fingerprint density at radius 3 is 2.43 bits per heavy atom. The molecule has 190 valence electrons. The molecule has 3 rings (SSSR count). The molecule has 0 bridgehead atoms. The van der Waals surface area contributed by atoms with Crippen LogP contribution in [0.1, 0.15) is 56.2 Å². The van der Waals surface area contributed by atoms with E-state index in [9.17, 15) is 9.59 Å². The third kappa shape index (κ3) is 6.06. The van der Waals surface area contributed by atoms with Crippen molar-refractivity contribution in [2.75, 3.05) is 39.7 Å². The Labute approximate surface area is 207 Å². The Hall–Kier alpha value is -3.26. The van der Waals surface area contributed by atoms with Crippen LogP contribution in [0.4, 0.5) is 5.69 Å². The summed E-state index contributed by atoms with van der Waals surface area (Å²) in [4.78, 5) is 25.3. The molecule has 5 N–H and O–H groups in total. The molecule has 0 radical (unpaired) electrons. The van der Waals surface area contributed by atoms with E-state index in [-0.39, 0.29) is 17.4 Å². The summed E-state index contributed by atoms with van der Waals surface area (Å²) in [5, 5.41) is 6.34. The van der Waals surface area contributed by atoms with Crippen LogP contribution in [-0.2, 0) is 11.2 Å². The normalized spacial score (nSPS) is 14.3. The maximum Gasteiger partial charge on any atom is 0.217 e. The van der Waals surface area contributed by atoms with E-state index in [0.717, 1.165) is 61.0 Å². The molecular weight excluding hydrogens is 446 g/mol. The van der Waals surface area contributed by atoms with E-state index in [0.29, 0.717) is 35.8 Å². The number of amides is 1. The van der Waals surface area contributed by atoms with Crippen molar-refractivity contribution in [3.8, 4) is 28.4 Å². The second-order valence-electron chi connectivity index (χ2n) is 8.79. The van der Waals surface area contributed by atoms with Crippen molar-refractivity contribution in [3.63, 3.8) is 0 Å². The standard InChI is InChI=1S/C27H37N3O5/c1-17(31)30-21-11-9-18-15-24(33-2)26(34-3)27(35-4)25(18)19-10-12-22(23(32)16-20(19)21)29-14-8-6-5-7-13-28/h10,12,15-16,21H,5-9,11,13-14,28H2,1-4H3,(H,29,32)(H,30,31)/p+1/t21-/m0/s1. The summed E-state index contributed by atoms with van der Waals surface area (Å²) in [6.45, 7) is 3.17. The molecule has 1 aliphatic rings. The summed E-state index contributed by atoms with van der Waals surface area (Å²) in [6.07, 6.45) is 5.66. The van der Waals surface area contributed by atoms with Crippen LogP contribution in [0.5, 0.6) is 17.2 Å². The van der Waals surface area contributed by atoms with Gasteiger partial charge < -0.3 is 30.6 Å². The molecular formula is C27H38N3O5+. The lowest BCUT2D eigenvalue weighted by Gasteiger charge is -2.19. The molecule has 1 atom stereocenters. The van der Waals surface area contributed by atoms with E-state index in [4.69, 9.17) is 14.2 Å². The van der Waals surface area contributed by atoms with Gasteiger partial charge in [0.05, 0.1) is 39.6 Å². The number of quaternary nitrogens is 1. The zero-order valence-electron chi connectivity index (χ0n) is 21.3. The highest BCUT2D eigenvalue weighted by atomic mass is 16.5. The number of rotatable bonds is 11. The lowest BCUT2D eigenvalue weighted by molar-refractivity contribution is -0.368. The summed E-state index contributed by atoms with van der Waals surface area (Å²) < 4.78 is 17.0. The number of nitrogens with one attached hydrogen (secondary N) is 2. The zero-order chi connectivity index (χ0) is 25.4. The van der Waals surface area contributed by atoms with Gasteiger partial charge in [0.1, 0.15) is 0 Å². The van der Waals surface area contributed by atoms with Crippen LogP contribution in [0.2, 0.25) is 0 Å². The van der Waals surface area contributed by atoms with Gasteiger partial charge in [-0.25, -0.2) is 0 Å². The predicted molar refractivity (Wildman–Crippen MR) is 137 cm³/mol. The molecule has 0 saturated heterocycles. The number of ether oxygens (including phenoxy) is 3. The van der Waals surface area contributed by atoms with E-state index < -0.39 is 0 Å². The minimum absolute atomic E-state index is 0.109. The number of carbonyl (C=O) groups is 1. The molecule has 2 aromatic rings. The van der Waals surface area contributed by atoms with Crippen molar-refractivity contribution >= 4 is 11.6 Å². The van der Waals surface area contributed by atoms with Crippen molar-refractivity contribution in [3.05, 3.63) is 45.6 Å². The molecule has 1 amide bonds. The molecule has 1 aliphatic carbocycles. The smallest absolute Gasteiger partial charge is 0.217 e. The fourth-order valence-electron chi connectivity index (χ4n) is 4.73. The highest BCUT2D eigenvalue weighted by Gasteiger charge is 2.29. The third-order valence-corrected chi connectivity index (χ3v) is 6.41. The van der Waals surface area contributed by atoms with Gasteiger partial charge in [-0.1, -0.05) is 12.5 Å². The second kappa shape index (κ2) is 12.4. The summed E-state index contributed by atoms with van der Waals surface area (Å²) in [5.74, 6) is 1.47. The number of fused-ring (bicyclic) bond motifs is 3. The van der Waals surface area contributed by atoms with Crippen LogP contribution in [0.25, 0.3) is 11.1 Å². The third-order valence-electron chi connectivity index (χ3n) is 6.41. The Morgan fingerprint density at radius 1 is 1.03 bits per heavy atom.